The number of aromatic nitrogens is 3. The van der Waals surface area contributed by atoms with Crippen LogP contribution in [0.15, 0.2) is 17.4 Å². The first kappa shape index (κ1) is 16.2. The van der Waals surface area contributed by atoms with Gasteiger partial charge in [-0.2, -0.15) is 11.8 Å². The molecule has 0 fully saturated rings. The number of rotatable bonds is 8. The quantitative estimate of drug-likeness (QED) is 0.594. The first-order chi connectivity index (χ1) is 10.1. The third-order valence-electron chi connectivity index (χ3n) is 3.11. The van der Waals surface area contributed by atoms with Crippen molar-refractivity contribution in [3.05, 3.63) is 17.8 Å². The number of carboxylic acid groups (broad SMARTS) is 1. The number of unbranched alkanes of at least 4 members (excludes halogenated alkanes) is 1. The molecule has 0 saturated carbocycles. The number of carboxylic acids is 1. The lowest BCUT2D eigenvalue weighted by Gasteiger charge is -2.07. The molecule has 0 aromatic carbocycles. The van der Waals surface area contributed by atoms with Crippen molar-refractivity contribution >= 4 is 40.7 Å². The number of thioether (sulfide) groups is 2. The number of carbonyl (C=O) groups is 1. The fourth-order valence-corrected chi connectivity index (χ4v) is 3.31. The van der Waals surface area contributed by atoms with Gasteiger partial charge in [0.15, 0.2) is 10.8 Å². The topological polar surface area (TPSA) is 68.0 Å². The Morgan fingerprint density at radius 3 is 2.95 bits per heavy atom. The van der Waals surface area contributed by atoms with Crippen LogP contribution in [0.4, 0.5) is 0 Å². The van der Waals surface area contributed by atoms with E-state index < -0.39 is 5.97 Å². The molecule has 2 heterocycles. The van der Waals surface area contributed by atoms with Gasteiger partial charge in [-0.3, -0.25) is 4.79 Å². The lowest BCUT2D eigenvalue weighted by Crippen LogP contribution is -2.04. The van der Waals surface area contributed by atoms with Gasteiger partial charge in [0.25, 0.3) is 0 Å². The van der Waals surface area contributed by atoms with E-state index in [0.717, 1.165) is 47.0 Å². The second kappa shape index (κ2) is 7.70. The van der Waals surface area contributed by atoms with Crippen LogP contribution in [-0.4, -0.2) is 43.4 Å². The first-order valence-electron chi connectivity index (χ1n) is 6.79. The van der Waals surface area contributed by atoms with E-state index in [9.17, 15) is 4.79 Å². The number of fused-ring (bicyclic) bond motifs is 1. The Hall–Kier alpha value is -1.21. The second-order valence-electron chi connectivity index (χ2n) is 4.73. The van der Waals surface area contributed by atoms with E-state index in [0.29, 0.717) is 0 Å². The van der Waals surface area contributed by atoms with Crippen LogP contribution >= 0.6 is 23.5 Å². The smallest absolute Gasteiger partial charge is 0.313 e. The van der Waals surface area contributed by atoms with Crippen molar-refractivity contribution in [3.8, 4) is 0 Å². The van der Waals surface area contributed by atoms with Crippen molar-refractivity contribution in [1.29, 1.82) is 0 Å². The summed E-state index contributed by atoms with van der Waals surface area (Å²) in [6.45, 7) is 2.83. The minimum absolute atomic E-state index is 0.0210. The zero-order chi connectivity index (χ0) is 15.2. The fourth-order valence-electron chi connectivity index (χ4n) is 2.07. The highest BCUT2D eigenvalue weighted by molar-refractivity contribution is 7.99. The maximum absolute atomic E-state index is 10.8. The van der Waals surface area contributed by atoms with Gasteiger partial charge >= 0.3 is 5.97 Å². The fraction of sp³-hybridized carbons (Fsp3) is 0.500. The molecule has 0 bridgehead atoms. The average molecular weight is 325 g/mol. The van der Waals surface area contributed by atoms with Gasteiger partial charge in [-0.05, 0) is 43.4 Å². The van der Waals surface area contributed by atoms with Crippen LogP contribution in [-0.2, 0) is 11.3 Å². The Balaban J connectivity index is 2.26. The largest absolute Gasteiger partial charge is 0.481 e. The third kappa shape index (κ3) is 4.14. The number of aryl methyl sites for hydroxylation is 2. The summed E-state index contributed by atoms with van der Waals surface area (Å²) in [4.78, 5) is 19.8. The molecule has 0 saturated heterocycles. The predicted octanol–water partition coefficient (Wildman–Crippen LogP) is 3.06. The van der Waals surface area contributed by atoms with E-state index in [1.165, 1.54) is 11.8 Å². The molecule has 1 N–H and O–H groups in total. The second-order valence-corrected chi connectivity index (χ2v) is 6.66. The zero-order valence-corrected chi connectivity index (χ0v) is 13.8. The molecule has 0 amide bonds. The summed E-state index contributed by atoms with van der Waals surface area (Å²) in [6.07, 6.45) is 6.06. The van der Waals surface area contributed by atoms with Crippen molar-refractivity contribution < 1.29 is 9.90 Å². The SMILES string of the molecule is CSCCCCn1c(SCC(=O)O)nc2c(C)ccnc21. The van der Waals surface area contributed by atoms with E-state index in [2.05, 4.69) is 20.8 Å². The third-order valence-corrected chi connectivity index (χ3v) is 4.76. The predicted molar refractivity (Wildman–Crippen MR) is 88.2 cm³/mol. The summed E-state index contributed by atoms with van der Waals surface area (Å²) in [5, 5.41) is 9.61. The van der Waals surface area contributed by atoms with Crippen molar-refractivity contribution in [2.75, 3.05) is 17.8 Å². The Bertz CT molecular complexity index is 628. The standard InChI is InChI=1S/C14H19N3O2S2/c1-10-5-6-15-13-12(10)16-14(21-9-11(18)19)17(13)7-3-4-8-20-2/h5-6H,3-4,7-9H2,1-2H3,(H,18,19). The number of hydrogen-bond acceptors (Lipinski definition) is 5. The van der Waals surface area contributed by atoms with Crippen LogP contribution in [0.3, 0.4) is 0 Å². The summed E-state index contributed by atoms with van der Waals surface area (Å²) in [7, 11) is 0. The van der Waals surface area contributed by atoms with Crippen LogP contribution in [0.25, 0.3) is 11.2 Å². The molecule has 0 radical (unpaired) electrons. The van der Waals surface area contributed by atoms with Gasteiger partial charge in [0, 0.05) is 12.7 Å². The summed E-state index contributed by atoms with van der Waals surface area (Å²) in [5.41, 5.74) is 2.79. The molecule has 7 heteroatoms. The van der Waals surface area contributed by atoms with Gasteiger partial charge in [-0.1, -0.05) is 11.8 Å². The molecule has 21 heavy (non-hydrogen) atoms. The van der Waals surface area contributed by atoms with Crippen LogP contribution in [0, 0.1) is 6.92 Å². The molecule has 0 aliphatic carbocycles. The first-order valence-corrected chi connectivity index (χ1v) is 9.16. The molecule has 2 aromatic heterocycles. The van der Waals surface area contributed by atoms with Gasteiger partial charge < -0.3 is 9.67 Å². The maximum atomic E-state index is 10.8. The van der Waals surface area contributed by atoms with Crippen molar-refractivity contribution in [2.24, 2.45) is 0 Å². The Labute approximate surface area is 132 Å². The van der Waals surface area contributed by atoms with Crippen molar-refractivity contribution in [1.82, 2.24) is 14.5 Å². The molecule has 0 unspecified atom stereocenters. The van der Waals surface area contributed by atoms with E-state index in [1.54, 1.807) is 6.20 Å². The average Bonchev–Trinajstić information content (AvgIpc) is 2.81. The molecular weight excluding hydrogens is 306 g/mol. The molecule has 2 rings (SSSR count). The lowest BCUT2D eigenvalue weighted by atomic mass is 10.3. The summed E-state index contributed by atoms with van der Waals surface area (Å²) < 4.78 is 2.05. The monoisotopic (exact) mass is 325 g/mol. The van der Waals surface area contributed by atoms with E-state index in [1.807, 2.05) is 24.8 Å². The molecular formula is C14H19N3O2S2. The van der Waals surface area contributed by atoms with Gasteiger partial charge in [0.2, 0.25) is 0 Å². The Morgan fingerprint density at radius 2 is 2.24 bits per heavy atom. The molecule has 0 atom stereocenters. The number of pyridine rings is 1. The van der Waals surface area contributed by atoms with E-state index >= 15 is 0 Å². The molecule has 0 spiro atoms. The van der Waals surface area contributed by atoms with Crippen molar-refractivity contribution in [3.63, 3.8) is 0 Å². The van der Waals surface area contributed by atoms with Gasteiger partial charge in [-0.25, -0.2) is 9.97 Å². The van der Waals surface area contributed by atoms with Crippen LogP contribution < -0.4 is 0 Å². The molecule has 0 aliphatic rings. The maximum Gasteiger partial charge on any atom is 0.313 e. The number of hydrogen-bond donors (Lipinski definition) is 1. The lowest BCUT2D eigenvalue weighted by molar-refractivity contribution is -0.133. The number of imidazole rings is 1. The molecule has 5 nitrogen and oxygen atoms in total. The highest BCUT2D eigenvalue weighted by atomic mass is 32.2. The minimum Gasteiger partial charge on any atom is -0.481 e. The van der Waals surface area contributed by atoms with Gasteiger partial charge in [-0.15, -0.1) is 0 Å². The summed E-state index contributed by atoms with van der Waals surface area (Å²) in [5.74, 6) is 0.329. The number of aliphatic carboxylic acids is 1. The van der Waals surface area contributed by atoms with Crippen LogP contribution in [0.1, 0.15) is 18.4 Å². The highest BCUT2D eigenvalue weighted by Crippen LogP contribution is 2.25. The van der Waals surface area contributed by atoms with E-state index in [-0.39, 0.29) is 5.75 Å². The highest BCUT2D eigenvalue weighted by Gasteiger charge is 2.14. The Morgan fingerprint density at radius 1 is 1.43 bits per heavy atom. The van der Waals surface area contributed by atoms with Crippen LogP contribution in [0.5, 0.6) is 0 Å². The van der Waals surface area contributed by atoms with Gasteiger partial charge in [0.05, 0.1) is 5.75 Å². The van der Waals surface area contributed by atoms with Gasteiger partial charge in [0.1, 0.15) is 5.52 Å². The van der Waals surface area contributed by atoms with Crippen molar-refractivity contribution in [2.45, 2.75) is 31.5 Å². The Kier molecular flexibility index (Phi) is 5.93. The zero-order valence-electron chi connectivity index (χ0n) is 12.2. The normalized spacial score (nSPS) is 11.1. The molecule has 114 valence electrons. The summed E-state index contributed by atoms with van der Waals surface area (Å²) in [6, 6.07) is 1.93. The summed E-state index contributed by atoms with van der Waals surface area (Å²) >= 11 is 3.10. The minimum atomic E-state index is -0.828. The molecule has 0 aliphatic heterocycles. The number of nitrogens with zero attached hydrogens (tertiary/aromatic N) is 3. The molecule has 2 aromatic rings. The van der Waals surface area contributed by atoms with E-state index in [4.69, 9.17) is 5.11 Å². The van der Waals surface area contributed by atoms with Crippen LogP contribution in [0.2, 0.25) is 0 Å².